The Labute approximate surface area is 114 Å². The second kappa shape index (κ2) is 4.89. The van der Waals surface area contributed by atoms with Crippen molar-refractivity contribution >= 4 is 28.6 Å². The van der Waals surface area contributed by atoms with E-state index in [-0.39, 0.29) is 12.5 Å². The van der Waals surface area contributed by atoms with Crippen molar-refractivity contribution in [1.82, 2.24) is 4.98 Å². The van der Waals surface area contributed by atoms with Crippen LogP contribution < -0.4 is 15.4 Å². The Morgan fingerprint density at radius 2 is 2.42 bits per heavy atom. The van der Waals surface area contributed by atoms with Crippen LogP contribution in [0.1, 0.15) is 9.88 Å². The molecule has 1 amide bonds. The summed E-state index contributed by atoms with van der Waals surface area (Å²) >= 11 is 1.67. The van der Waals surface area contributed by atoms with E-state index in [9.17, 15) is 4.79 Å². The first kappa shape index (κ1) is 12.0. The summed E-state index contributed by atoms with van der Waals surface area (Å²) in [5, 5.41) is 7.15. The van der Waals surface area contributed by atoms with E-state index in [4.69, 9.17) is 4.74 Å². The molecular formula is C13H13N3O2S. The molecule has 98 valence electrons. The number of anilines is 2. The van der Waals surface area contributed by atoms with E-state index in [0.29, 0.717) is 11.4 Å². The smallest absolute Gasteiger partial charge is 0.262 e. The number of benzene rings is 1. The van der Waals surface area contributed by atoms with Crippen LogP contribution in [0.3, 0.4) is 0 Å². The number of fused-ring (bicyclic) bond motifs is 1. The monoisotopic (exact) mass is 275 g/mol. The molecule has 0 radical (unpaired) electrons. The second-order valence-electron chi connectivity index (χ2n) is 4.25. The van der Waals surface area contributed by atoms with Crippen molar-refractivity contribution in [3.05, 3.63) is 34.3 Å². The molecule has 1 aromatic carbocycles. The van der Waals surface area contributed by atoms with Gasteiger partial charge >= 0.3 is 0 Å². The molecule has 1 aromatic heterocycles. The highest BCUT2D eigenvalue weighted by atomic mass is 32.1. The third-order valence-electron chi connectivity index (χ3n) is 2.75. The lowest BCUT2D eigenvalue weighted by atomic mass is 10.2. The average molecular weight is 275 g/mol. The Hall–Kier alpha value is -2.08. The summed E-state index contributed by atoms with van der Waals surface area (Å²) in [6, 6.07) is 5.67. The van der Waals surface area contributed by atoms with Gasteiger partial charge in [-0.3, -0.25) is 4.79 Å². The van der Waals surface area contributed by atoms with Crippen molar-refractivity contribution < 1.29 is 9.53 Å². The zero-order valence-corrected chi connectivity index (χ0v) is 11.2. The molecule has 1 aliphatic rings. The van der Waals surface area contributed by atoms with Crippen molar-refractivity contribution in [3.63, 3.8) is 0 Å². The van der Waals surface area contributed by atoms with Crippen LogP contribution in [0.25, 0.3) is 0 Å². The van der Waals surface area contributed by atoms with Crippen molar-refractivity contribution in [2.75, 3.05) is 17.2 Å². The quantitative estimate of drug-likeness (QED) is 0.903. The van der Waals surface area contributed by atoms with Crippen LogP contribution in [0.2, 0.25) is 0 Å². The molecule has 2 N–H and O–H groups in total. The molecule has 2 heterocycles. The summed E-state index contributed by atoms with van der Waals surface area (Å²) in [5.74, 6) is 0.585. The Morgan fingerprint density at radius 3 is 3.21 bits per heavy atom. The lowest BCUT2D eigenvalue weighted by Crippen LogP contribution is -2.25. The third kappa shape index (κ3) is 2.68. The van der Waals surface area contributed by atoms with Gasteiger partial charge in [0, 0.05) is 16.8 Å². The van der Waals surface area contributed by atoms with Crippen LogP contribution in [0.4, 0.5) is 11.4 Å². The highest BCUT2D eigenvalue weighted by Crippen LogP contribution is 2.30. The van der Waals surface area contributed by atoms with E-state index in [2.05, 4.69) is 15.6 Å². The normalized spacial score (nSPS) is 13.4. The third-order valence-corrected chi connectivity index (χ3v) is 3.66. The predicted molar refractivity (Wildman–Crippen MR) is 74.7 cm³/mol. The molecule has 0 spiro atoms. The molecule has 3 rings (SSSR count). The molecule has 0 unspecified atom stereocenters. The van der Waals surface area contributed by atoms with E-state index in [1.165, 1.54) is 4.88 Å². The molecular weight excluding hydrogens is 262 g/mol. The number of carbonyl (C=O) groups excluding carboxylic acids is 1. The molecule has 0 aliphatic carbocycles. The van der Waals surface area contributed by atoms with Crippen LogP contribution >= 0.6 is 11.3 Å². The summed E-state index contributed by atoms with van der Waals surface area (Å²) in [6.07, 6.45) is 1.87. The van der Waals surface area contributed by atoms with Crippen LogP contribution in [0, 0.1) is 6.92 Å². The Morgan fingerprint density at radius 1 is 1.53 bits per heavy atom. The van der Waals surface area contributed by atoms with Gasteiger partial charge in [-0.2, -0.15) is 0 Å². The average Bonchev–Trinajstić information content (AvgIpc) is 2.81. The fourth-order valence-electron chi connectivity index (χ4n) is 1.87. The zero-order chi connectivity index (χ0) is 13.2. The Bertz CT molecular complexity index is 624. The number of hydrogen-bond acceptors (Lipinski definition) is 5. The number of rotatable bonds is 3. The van der Waals surface area contributed by atoms with Gasteiger partial charge in [-0.25, -0.2) is 4.98 Å². The number of carbonyl (C=O) groups is 1. The van der Waals surface area contributed by atoms with E-state index >= 15 is 0 Å². The first-order chi connectivity index (χ1) is 9.20. The number of nitrogens with zero attached hydrogens (tertiary/aromatic N) is 1. The topological polar surface area (TPSA) is 63.2 Å². The lowest BCUT2D eigenvalue weighted by molar-refractivity contribution is -0.118. The highest BCUT2D eigenvalue weighted by molar-refractivity contribution is 7.11. The summed E-state index contributed by atoms with van der Waals surface area (Å²) in [5.41, 5.74) is 1.65. The molecule has 0 saturated carbocycles. The second-order valence-corrected chi connectivity index (χ2v) is 5.57. The fourth-order valence-corrected chi connectivity index (χ4v) is 2.60. The first-order valence-electron chi connectivity index (χ1n) is 5.92. The van der Waals surface area contributed by atoms with E-state index in [0.717, 1.165) is 17.2 Å². The highest BCUT2D eigenvalue weighted by Gasteiger charge is 2.15. The van der Waals surface area contributed by atoms with E-state index in [1.807, 2.05) is 31.3 Å². The van der Waals surface area contributed by atoms with Crippen LogP contribution in [0.5, 0.6) is 5.75 Å². The molecule has 2 aromatic rings. The van der Waals surface area contributed by atoms with Gasteiger partial charge in [0.1, 0.15) is 5.75 Å². The molecule has 0 atom stereocenters. The number of thiazole rings is 1. The maximum atomic E-state index is 11.3. The van der Waals surface area contributed by atoms with Crippen LogP contribution in [0.15, 0.2) is 24.4 Å². The fraction of sp³-hybridized carbons (Fsp3) is 0.231. The van der Waals surface area contributed by atoms with Crippen LogP contribution in [-0.4, -0.2) is 17.5 Å². The van der Waals surface area contributed by atoms with Gasteiger partial charge in [0.25, 0.3) is 5.91 Å². The van der Waals surface area contributed by atoms with Crippen molar-refractivity contribution in [3.8, 4) is 5.75 Å². The van der Waals surface area contributed by atoms with Gasteiger partial charge in [0.05, 0.1) is 17.2 Å². The summed E-state index contributed by atoms with van der Waals surface area (Å²) in [4.78, 5) is 16.6. The molecule has 0 fully saturated rings. The number of aryl methyl sites for hydroxylation is 1. The molecule has 1 aliphatic heterocycles. The van der Waals surface area contributed by atoms with Crippen molar-refractivity contribution in [2.45, 2.75) is 13.5 Å². The summed E-state index contributed by atoms with van der Waals surface area (Å²) < 4.78 is 5.31. The van der Waals surface area contributed by atoms with Crippen molar-refractivity contribution in [1.29, 1.82) is 0 Å². The van der Waals surface area contributed by atoms with Gasteiger partial charge in [-0.05, 0) is 25.1 Å². The van der Waals surface area contributed by atoms with Crippen molar-refractivity contribution in [2.24, 2.45) is 0 Å². The van der Waals surface area contributed by atoms with Gasteiger partial charge in [0.15, 0.2) is 6.61 Å². The van der Waals surface area contributed by atoms with Crippen LogP contribution in [-0.2, 0) is 11.3 Å². The first-order valence-corrected chi connectivity index (χ1v) is 6.74. The minimum atomic E-state index is -0.122. The van der Waals surface area contributed by atoms with Gasteiger partial charge < -0.3 is 15.4 Å². The number of amides is 1. The molecule has 6 heteroatoms. The minimum Gasteiger partial charge on any atom is -0.482 e. The van der Waals surface area contributed by atoms with E-state index < -0.39 is 0 Å². The molecule has 5 nitrogen and oxygen atoms in total. The molecule has 0 saturated heterocycles. The maximum absolute atomic E-state index is 11.3. The van der Waals surface area contributed by atoms with E-state index in [1.54, 1.807) is 11.3 Å². The minimum absolute atomic E-state index is 0.0833. The lowest BCUT2D eigenvalue weighted by Gasteiger charge is -2.18. The summed E-state index contributed by atoms with van der Waals surface area (Å²) in [6.45, 7) is 2.79. The molecule has 0 bridgehead atoms. The zero-order valence-electron chi connectivity index (χ0n) is 10.4. The number of nitrogens with one attached hydrogen (secondary N) is 2. The maximum Gasteiger partial charge on any atom is 0.262 e. The standard InChI is InChI=1S/C13H13N3O2S/c1-8-14-5-10(19-8)6-15-9-2-3-12-11(4-9)16-13(17)7-18-12/h2-5,15H,6-7H2,1H3,(H,16,17). The Balaban J connectivity index is 1.71. The number of aromatic nitrogens is 1. The Kier molecular flexibility index (Phi) is 3.08. The summed E-state index contributed by atoms with van der Waals surface area (Å²) in [7, 11) is 0. The number of hydrogen-bond donors (Lipinski definition) is 2. The predicted octanol–water partition coefficient (Wildman–Crippen LogP) is 2.39. The molecule has 19 heavy (non-hydrogen) atoms. The van der Waals surface area contributed by atoms with Gasteiger partial charge in [0.2, 0.25) is 0 Å². The number of ether oxygens (including phenoxy) is 1. The SMILES string of the molecule is Cc1ncc(CNc2ccc3c(c2)NC(=O)CO3)s1. The largest absolute Gasteiger partial charge is 0.482 e. The van der Waals surface area contributed by atoms with Gasteiger partial charge in [-0.1, -0.05) is 0 Å². The van der Waals surface area contributed by atoms with Gasteiger partial charge in [-0.15, -0.1) is 11.3 Å².